The normalized spacial score (nSPS) is 12.6. The molecule has 3 aromatic carbocycles. The number of halogens is 1. The Morgan fingerprint density at radius 2 is 1.60 bits per heavy atom. The number of nitrogens with two attached hydrogens (primary N) is 1. The van der Waals surface area contributed by atoms with Crippen molar-refractivity contribution in [3.8, 4) is 11.3 Å². The molecule has 0 spiro atoms. The van der Waals surface area contributed by atoms with E-state index in [0.29, 0.717) is 43.3 Å². The molecule has 0 radical (unpaired) electrons. The first-order valence-corrected chi connectivity index (χ1v) is 14.5. The standard InChI is InChI=1S/C33H38ClN5O3/c1-23(21-36-32(40)30-20-31(42-38-30)26-15-17-27(34)18-16-26)37-29(14-9-19-35)33(41)39(2)22-28(24-10-5-3-6-11-24)25-12-7-4-8-13-25/h3-8,10-13,15-18,20,23,28-29,37H,9,14,19,21-22,35H2,1-2H3,(H,36,40)/t23?,29-/m0/s1. The van der Waals surface area contributed by atoms with Crippen LogP contribution in [0.5, 0.6) is 0 Å². The minimum Gasteiger partial charge on any atom is -0.355 e. The van der Waals surface area contributed by atoms with E-state index in [0.717, 1.165) is 16.7 Å². The zero-order valence-electron chi connectivity index (χ0n) is 24.0. The second kappa shape index (κ2) is 15.3. The molecule has 1 heterocycles. The molecule has 9 heteroatoms. The lowest BCUT2D eigenvalue weighted by molar-refractivity contribution is -0.132. The molecular formula is C33H38ClN5O3. The van der Waals surface area contributed by atoms with Gasteiger partial charge in [0.15, 0.2) is 11.5 Å². The van der Waals surface area contributed by atoms with Gasteiger partial charge >= 0.3 is 0 Å². The number of rotatable bonds is 14. The average molecular weight is 588 g/mol. The molecule has 0 saturated heterocycles. The number of hydrogen-bond acceptors (Lipinski definition) is 6. The molecule has 8 nitrogen and oxygen atoms in total. The second-order valence-electron chi connectivity index (χ2n) is 10.4. The van der Waals surface area contributed by atoms with Gasteiger partial charge in [-0.25, -0.2) is 0 Å². The zero-order valence-corrected chi connectivity index (χ0v) is 24.8. The van der Waals surface area contributed by atoms with E-state index in [-0.39, 0.29) is 29.5 Å². The monoisotopic (exact) mass is 587 g/mol. The summed E-state index contributed by atoms with van der Waals surface area (Å²) < 4.78 is 5.35. The molecule has 4 aromatic rings. The number of carbonyl (C=O) groups excluding carboxylic acids is 2. The maximum atomic E-state index is 13.7. The van der Waals surface area contributed by atoms with E-state index in [1.165, 1.54) is 0 Å². The van der Waals surface area contributed by atoms with Crippen LogP contribution in [0.25, 0.3) is 11.3 Å². The van der Waals surface area contributed by atoms with Gasteiger partial charge in [-0.05, 0) is 61.7 Å². The van der Waals surface area contributed by atoms with Crippen molar-refractivity contribution in [3.63, 3.8) is 0 Å². The van der Waals surface area contributed by atoms with E-state index in [1.807, 2.05) is 50.4 Å². The summed E-state index contributed by atoms with van der Waals surface area (Å²) in [6.07, 6.45) is 1.29. The summed E-state index contributed by atoms with van der Waals surface area (Å²) in [5.41, 5.74) is 9.05. The van der Waals surface area contributed by atoms with Gasteiger partial charge in [0.25, 0.3) is 5.91 Å². The van der Waals surface area contributed by atoms with Crippen molar-refractivity contribution >= 4 is 23.4 Å². The van der Waals surface area contributed by atoms with Crippen molar-refractivity contribution in [3.05, 3.63) is 113 Å². The molecule has 220 valence electrons. The maximum Gasteiger partial charge on any atom is 0.273 e. The van der Waals surface area contributed by atoms with Crippen LogP contribution in [-0.4, -0.2) is 60.6 Å². The Bertz CT molecular complexity index is 1370. The summed E-state index contributed by atoms with van der Waals surface area (Å²) >= 11 is 5.95. The van der Waals surface area contributed by atoms with Gasteiger partial charge in [0, 0.05) is 48.7 Å². The van der Waals surface area contributed by atoms with Crippen molar-refractivity contribution in [1.29, 1.82) is 0 Å². The lowest BCUT2D eigenvalue weighted by Crippen LogP contribution is -2.51. The topological polar surface area (TPSA) is 113 Å². The Morgan fingerprint density at radius 1 is 0.976 bits per heavy atom. The molecule has 2 atom stereocenters. The number of aromatic nitrogens is 1. The first kappa shape index (κ1) is 31.0. The third-order valence-corrected chi connectivity index (χ3v) is 7.41. The SMILES string of the molecule is CC(CNC(=O)c1cc(-c2ccc(Cl)cc2)on1)N[C@@H](CCCN)C(=O)N(C)CC(c1ccccc1)c1ccccc1. The van der Waals surface area contributed by atoms with Gasteiger partial charge in [-0.3, -0.25) is 9.59 Å². The molecule has 0 bridgehead atoms. The van der Waals surface area contributed by atoms with Crippen LogP contribution in [0.15, 0.2) is 95.5 Å². The summed E-state index contributed by atoms with van der Waals surface area (Å²) in [5.74, 6) is 0.141. The summed E-state index contributed by atoms with van der Waals surface area (Å²) in [6.45, 7) is 3.25. The zero-order chi connectivity index (χ0) is 29.9. The van der Waals surface area contributed by atoms with Crippen molar-refractivity contribution in [2.45, 2.75) is 37.8 Å². The number of likely N-dealkylation sites (N-methyl/N-ethyl adjacent to an activating group) is 1. The van der Waals surface area contributed by atoms with Gasteiger partial charge in [0.1, 0.15) is 0 Å². The molecular weight excluding hydrogens is 550 g/mol. The van der Waals surface area contributed by atoms with Crippen LogP contribution < -0.4 is 16.4 Å². The summed E-state index contributed by atoms with van der Waals surface area (Å²) in [6, 6.07) is 28.5. The first-order valence-electron chi connectivity index (χ1n) is 14.2. The number of amides is 2. The largest absolute Gasteiger partial charge is 0.355 e. The number of carbonyl (C=O) groups is 2. The molecule has 0 aliphatic rings. The van der Waals surface area contributed by atoms with Crippen LogP contribution in [0.4, 0.5) is 0 Å². The van der Waals surface area contributed by atoms with E-state index in [1.54, 1.807) is 35.2 Å². The van der Waals surface area contributed by atoms with Crippen molar-refractivity contribution < 1.29 is 14.1 Å². The van der Waals surface area contributed by atoms with E-state index >= 15 is 0 Å². The summed E-state index contributed by atoms with van der Waals surface area (Å²) in [5, 5.41) is 10.8. The lowest BCUT2D eigenvalue weighted by atomic mass is 9.90. The Labute approximate surface area is 252 Å². The van der Waals surface area contributed by atoms with Crippen LogP contribution in [0.2, 0.25) is 5.02 Å². The fraction of sp³-hybridized carbons (Fsp3) is 0.303. The first-order chi connectivity index (χ1) is 20.4. The van der Waals surface area contributed by atoms with Crippen molar-refractivity contribution in [2.24, 2.45) is 5.73 Å². The Hall–Kier alpha value is -3.98. The fourth-order valence-electron chi connectivity index (χ4n) is 4.88. The van der Waals surface area contributed by atoms with Crippen LogP contribution in [0.3, 0.4) is 0 Å². The average Bonchev–Trinajstić information content (AvgIpc) is 3.52. The molecule has 1 aromatic heterocycles. The highest BCUT2D eigenvalue weighted by Crippen LogP contribution is 2.26. The molecule has 4 rings (SSSR count). The number of nitrogens with zero attached hydrogens (tertiary/aromatic N) is 2. The van der Waals surface area contributed by atoms with Gasteiger partial charge in [0.2, 0.25) is 5.91 Å². The van der Waals surface area contributed by atoms with Gasteiger partial charge in [0.05, 0.1) is 6.04 Å². The van der Waals surface area contributed by atoms with Gasteiger partial charge in [-0.1, -0.05) is 77.4 Å². The lowest BCUT2D eigenvalue weighted by Gasteiger charge is -2.30. The highest BCUT2D eigenvalue weighted by atomic mass is 35.5. The number of benzene rings is 3. The third-order valence-electron chi connectivity index (χ3n) is 7.16. The molecule has 4 N–H and O–H groups in total. The molecule has 42 heavy (non-hydrogen) atoms. The van der Waals surface area contributed by atoms with Gasteiger partial charge in [-0.15, -0.1) is 0 Å². The van der Waals surface area contributed by atoms with Crippen molar-refractivity contribution in [1.82, 2.24) is 20.7 Å². The van der Waals surface area contributed by atoms with Crippen LogP contribution in [0.1, 0.15) is 47.3 Å². The van der Waals surface area contributed by atoms with Gasteiger partial charge in [-0.2, -0.15) is 0 Å². The Morgan fingerprint density at radius 3 is 2.19 bits per heavy atom. The predicted octanol–water partition coefficient (Wildman–Crippen LogP) is 5.10. The molecule has 0 fully saturated rings. The third kappa shape index (κ3) is 8.52. The Kier molecular flexibility index (Phi) is 11.3. The summed E-state index contributed by atoms with van der Waals surface area (Å²) in [7, 11) is 1.84. The van der Waals surface area contributed by atoms with Crippen molar-refractivity contribution in [2.75, 3.05) is 26.7 Å². The number of hydrogen-bond donors (Lipinski definition) is 3. The summed E-state index contributed by atoms with van der Waals surface area (Å²) in [4.78, 5) is 28.3. The van der Waals surface area contributed by atoms with E-state index in [2.05, 4.69) is 40.1 Å². The molecule has 0 saturated carbocycles. The molecule has 2 amide bonds. The van der Waals surface area contributed by atoms with Crippen LogP contribution in [-0.2, 0) is 4.79 Å². The molecule has 0 aliphatic carbocycles. The maximum absolute atomic E-state index is 13.7. The minimum atomic E-state index is -0.443. The van der Waals surface area contributed by atoms with E-state index in [9.17, 15) is 9.59 Å². The predicted molar refractivity (Wildman–Crippen MR) is 166 cm³/mol. The molecule has 0 aliphatic heterocycles. The highest BCUT2D eigenvalue weighted by Gasteiger charge is 2.26. The second-order valence-corrected chi connectivity index (χ2v) is 10.9. The van der Waals surface area contributed by atoms with Crippen LogP contribution in [0, 0.1) is 0 Å². The highest BCUT2D eigenvalue weighted by molar-refractivity contribution is 6.30. The van der Waals surface area contributed by atoms with Crippen LogP contribution >= 0.6 is 11.6 Å². The fourth-order valence-corrected chi connectivity index (χ4v) is 5.00. The van der Waals surface area contributed by atoms with Gasteiger partial charge < -0.3 is 25.8 Å². The number of nitrogens with one attached hydrogen (secondary N) is 2. The Balaban J connectivity index is 1.37. The van der Waals surface area contributed by atoms with E-state index < -0.39 is 6.04 Å². The quantitative estimate of drug-likeness (QED) is 0.189. The molecule has 1 unspecified atom stereocenters. The minimum absolute atomic E-state index is 0.0115. The van der Waals surface area contributed by atoms with E-state index in [4.69, 9.17) is 21.9 Å². The smallest absolute Gasteiger partial charge is 0.273 e.